The minimum atomic E-state index is -0.111. The third-order valence-electron chi connectivity index (χ3n) is 1.54. The van der Waals surface area contributed by atoms with Crippen molar-refractivity contribution in [2.75, 3.05) is 6.54 Å². The Morgan fingerprint density at radius 2 is 2.30 bits per heavy atom. The van der Waals surface area contributed by atoms with Crippen molar-refractivity contribution in [3.05, 3.63) is 0 Å². The van der Waals surface area contributed by atoms with E-state index in [9.17, 15) is 4.79 Å². The van der Waals surface area contributed by atoms with Crippen molar-refractivity contribution in [3.63, 3.8) is 0 Å². The zero-order valence-corrected chi connectivity index (χ0v) is 5.76. The molecule has 0 aromatic heterocycles. The molecule has 10 heavy (non-hydrogen) atoms. The van der Waals surface area contributed by atoms with E-state index >= 15 is 0 Å². The molecule has 0 spiro atoms. The maximum Gasteiger partial charge on any atom is 0.267 e. The molecule has 56 valence electrons. The number of hydrazone groups is 1. The standard InChI is InChI=1S/C6H11N3O/c7-9-5-3-1-2-4-8-6(5)10/h1-4,7H2,(H,8,10)/b9-5-. The topological polar surface area (TPSA) is 67.5 Å². The van der Waals surface area contributed by atoms with E-state index in [0.29, 0.717) is 12.1 Å². The summed E-state index contributed by atoms with van der Waals surface area (Å²) < 4.78 is 0. The maximum absolute atomic E-state index is 10.9. The van der Waals surface area contributed by atoms with E-state index in [1.54, 1.807) is 0 Å². The minimum Gasteiger partial charge on any atom is -0.351 e. The van der Waals surface area contributed by atoms with Gasteiger partial charge in [-0.25, -0.2) is 0 Å². The molecule has 0 unspecified atom stereocenters. The van der Waals surface area contributed by atoms with Crippen LogP contribution in [0, 0.1) is 0 Å². The Hall–Kier alpha value is -1.06. The highest BCUT2D eigenvalue weighted by Gasteiger charge is 2.13. The van der Waals surface area contributed by atoms with E-state index in [1.807, 2.05) is 0 Å². The lowest BCUT2D eigenvalue weighted by molar-refractivity contribution is -0.114. The summed E-state index contributed by atoms with van der Waals surface area (Å²) in [5, 5.41) is 6.09. The molecule has 0 saturated carbocycles. The molecule has 4 nitrogen and oxygen atoms in total. The van der Waals surface area contributed by atoms with E-state index in [4.69, 9.17) is 5.84 Å². The molecule has 1 amide bonds. The van der Waals surface area contributed by atoms with Crippen molar-refractivity contribution >= 4 is 11.6 Å². The third kappa shape index (κ3) is 1.46. The fourth-order valence-corrected chi connectivity index (χ4v) is 0.958. The third-order valence-corrected chi connectivity index (χ3v) is 1.54. The van der Waals surface area contributed by atoms with Gasteiger partial charge in [-0.2, -0.15) is 5.10 Å². The Balaban J connectivity index is 2.61. The number of hydrogen-bond donors (Lipinski definition) is 2. The van der Waals surface area contributed by atoms with Crippen LogP contribution in [0.1, 0.15) is 19.3 Å². The molecular weight excluding hydrogens is 130 g/mol. The molecule has 3 N–H and O–H groups in total. The number of nitrogens with two attached hydrogens (primary N) is 1. The Bertz CT molecular complexity index is 164. The molecule has 0 radical (unpaired) electrons. The molecule has 0 aromatic carbocycles. The molecule has 1 aliphatic heterocycles. The van der Waals surface area contributed by atoms with Gasteiger partial charge in [-0.1, -0.05) is 0 Å². The highest BCUT2D eigenvalue weighted by molar-refractivity contribution is 6.38. The summed E-state index contributed by atoms with van der Waals surface area (Å²) in [6, 6.07) is 0. The number of carbonyl (C=O) groups excluding carboxylic acids is 1. The first-order valence-electron chi connectivity index (χ1n) is 3.39. The molecule has 1 saturated heterocycles. The average molecular weight is 141 g/mol. The highest BCUT2D eigenvalue weighted by Crippen LogP contribution is 2.00. The van der Waals surface area contributed by atoms with E-state index < -0.39 is 0 Å². The molecule has 0 atom stereocenters. The number of carbonyl (C=O) groups is 1. The van der Waals surface area contributed by atoms with Gasteiger partial charge in [0.05, 0.1) is 0 Å². The van der Waals surface area contributed by atoms with E-state index in [0.717, 1.165) is 19.4 Å². The fraction of sp³-hybridized carbons (Fsp3) is 0.667. The van der Waals surface area contributed by atoms with Crippen molar-refractivity contribution in [3.8, 4) is 0 Å². The van der Waals surface area contributed by atoms with Crippen LogP contribution in [0.4, 0.5) is 0 Å². The fourth-order valence-electron chi connectivity index (χ4n) is 0.958. The first kappa shape index (κ1) is 7.05. The first-order chi connectivity index (χ1) is 4.84. The van der Waals surface area contributed by atoms with E-state index in [-0.39, 0.29) is 5.91 Å². The zero-order chi connectivity index (χ0) is 7.40. The van der Waals surface area contributed by atoms with Crippen LogP contribution < -0.4 is 11.2 Å². The lowest BCUT2D eigenvalue weighted by Gasteiger charge is -1.97. The zero-order valence-electron chi connectivity index (χ0n) is 5.76. The van der Waals surface area contributed by atoms with E-state index in [1.165, 1.54) is 0 Å². The van der Waals surface area contributed by atoms with Gasteiger partial charge in [-0.15, -0.1) is 0 Å². The molecule has 0 aromatic rings. The second-order valence-electron chi connectivity index (χ2n) is 2.29. The summed E-state index contributed by atoms with van der Waals surface area (Å²) in [7, 11) is 0. The van der Waals surface area contributed by atoms with Gasteiger partial charge in [0.25, 0.3) is 5.91 Å². The largest absolute Gasteiger partial charge is 0.351 e. The summed E-state index contributed by atoms with van der Waals surface area (Å²) in [4.78, 5) is 10.9. The minimum absolute atomic E-state index is 0.111. The van der Waals surface area contributed by atoms with Gasteiger partial charge in [0.15, 0.2) is 0 Å². The molecular formula is C6H11N3O. The number of nitrogens with zero attached hydrogens (tertiary/aromatic N) is 1. The quantitative estimate of drug-likeness (QED) is 0.356. The lowest BCUT2D eigenvalue weighted by atomic mass is 10.2. The summed E-state index contributed by atoms with van der Waals surface area (Å²) in [6.07, 6.45) is 2.72. The molecule has 1 aliphatic rings. The number of rotatable bonds is 0. The highest BCUT2D eigenvalue weighted by atomic mass is 16.1. The molecule has 0 aliphatic carbocycles. The monoisotopic (exact) mass is 141 g/mol. The van der Waals surface area contributed by atoms with Crippen molar-refractivity contribution < 1.29 is 4.79 Å². The summed E-state index contributed by atoms with van der Waals surface area (Å²) >= 11 is 0. The van der Waals surface area contributed by atoms with Crippen LogP contribution in [0.2, 0.25) is 0 Å². The Morgan fingerprint density at radius 1 is 1.50 bits per heavy atom. The summed E-state index contributed by atoms with van der Waals surface area (Å²) in [6.45, 7) is 0.748. The summed E-state index contributed by atoms with van der Waals surface area (Å²) in [5.74, 6) is 4.88. The lowest BCUT2D eigenvalue weighted by Crippen LogP contribution is -2.29. The second-order valence-corrected chi connectivity index (χ2v) is 2.29. The normalized spacial score (nSPS) is 24.0. The first-order valence-corrected chi connectivity index (χ1v) is 3.39. The Labute approximate surface area is 59.5 Å². The van der Waals surface area contributed by atoms with Gasteiger partial charge in [0, 0.05) is 6.54 Å². The van der Waals surface area contributed by atoms with Crippen LogP contribution in [0.5, 0.6) is 0 Å². The Kier molecular flexibility index (Phi) is 2.25. The molecule has 1 fully saturated rings. The van der Waals surface area contributed by atoms with Crippen molar-refractivity contribution in [2.24, 2.45) is 10.9 Å². The van der Waals surface area contributed by atoms with Crippen LogP contribution in [-0.4, -0.2) is 18.2 Å². The molecule has 4 heteroatoms. The molecule has 0 bridgehead atoms. The molecule has 1 rings (SSSR count). The second kappa shape index (κ2) is 3.20. The van der Waals surface area contributed by atoms with Crippen LogP contribution in [0.15, 0.2) is 5.10 Å². The summed E-state index contributed by atoms with van der Waals surface area (Å²) in [5.41, 5.74) is 0.470. The number of nitrogens with one attached hydrogen (secondary N) is 1. The smallest absolute Gasteiger partial charge is 0.267 e. The van der Waals surface area contributed by atoms with Gasteiger partial charge < -0.3 is 11.2 Å². The van der Waals surface area contributed by atoms with Crippen LogP contribution in [-0.2, 0) is 4.79 Å². The average Bonchev–Trinajstić information content (AvgIpc) is 2.13. The van der Waals surface area contributed by atoms with Gasteiger partial charge in [-0.05, 0) is 19.3 Å². The predicted octanol–water partition coefficient (Wildman–Crippen LogP) is -0.399. The van der Waals surface area contributed by atoms with Crippen molar-refractivity contribution in [2.45, 2.75) is 19.3 Å². The van der Waals surface area contributed by atoms with Crippen molar-refractivity contribution in [1.82, 2.24) is 5.32 Å². The van der Waals surface area contributed by atoms with Gasteiger partial charge in [0.2, 0.25) is 0 Å². The van der Waals surface area contributed by atoms with E-state index in [2.05, 4.69) is 10.4 Å². The van der Waals surface area contributed by atoms with Gasteiger partial charge in [-0.3, -0.25) is 4.79 Å². The van der Waals surface area contributed by atoms with Crippen LogP contribution >= 0.6 is 0 Å². The number of amides is 1. The van der Waals surface area contributed by atoms with Crippen molar-refractivity contribution in [1.29, 1.82) is 0 Å². The molecule has 1 heterocycles. The van der Waals surface area contributed by atoms with Crippen LogP contribution in [0.3, 0.4) is 0 Å². The SMILES string of the molecule is N/N=C1/CCCCNC1=O. The number of hydrogen-bond acceptors (Lipinski definition) is 3. The van der Waals surface area contributed by atoms with Gasteiger partial charge >= 0.3 is 0 Å². The van der Waals surface area contributed by atoms with Gasteiger partial charge in [0.1, 0.15) is 5.71 Å². The van der Waals surface area contributed by atoms with Crippen LogP contribution in [0.25, 0.3) is 0 Å². The Morgan fingerprint density at radius 3 is 3.00 bits per heavy atom. The maximum atomic E-state index is 10.9. The predicted molar refractivity (Wildman–Crippen MR) is 38.5 cm³/mol.